The minimum atomic E-state index is -0.230. The average molecular weight is 410 g/mol. The third kappa shape index (κ3) is 3.54. The largest absolute Gasteiger partial charge is 0.496 e. The van der Waals surface area contributed by atoms with Crippen molar-refractivity contribution in [2.75, 3.05) is 26.7 Å². The molecule has 2 unspecified atom stereocenters. The van der Waals surface area contributed by atoms with Crippen LogP contribution in [-0.2, 0) is 11.2 Å². The number of nitrogens with zero attached hydrogens (tertiary/aromatic N) is 3. The molecule has 2 atom stereocenters. The number of hydrogen-bond acceptors (Lipinski definition) is 8. The first-order valence-corrected chi connectivity index (χ1v) is 10.4. The molecule has 0 bridgehead atoms. The Labute approximate surface area is 174 Å². The number of carbonyl (C=O) groups excluding carboxylic acids is 1. The van der Waals surface area contributed by atoms with Gasteiger partial charge in [0.25, 0.3) is 0 Å². The third-order valence-electron chi connectivity index (χ3n) is 6.08. The molecule has 0 spiro atoms. The number of ether oxygens (including phenoxy) is 1. The Morgan fingerprint density at radius 2 is 2.07 bits per heavy atom. The molecule has 9 heteroatoms. The Balaban J connectivity index is 1.34. The van der Waals surface area contributed by atoms with Crippen molar-refractivity contribution in [1.29, 1.82) is 0 Å². The molecule has 3 aliphatic heterocycles. The van der Waals surface area contributed by atoms with Crippen LogP contribution >= 0.6 is 0 Å². The lowest BCUT2D eigenvalue weighted by atomic mass is 9.92. The summed E-state index contributed by atoms with van der Waals surface area (Å²) in [6, 6.07) is 7.79. The number of rotatable bonds is 5. The van der Waals surface area contributed by atoms with Crippen LogP contribution in [0, 0.1) is 5.92 Å². The van der Waals surface area contributed by atoms with Crippen LogP contribution < -0.4 is 20.8 Å². The molecule has 0 radical (unpaired) electrons. The highest BCUT2D eigenvalue weighted by Gasteiger charge is 2.44. The molecule has 2 fully saturated rings. The summed E-state index contributed by atoms with van der Waals surface area (Å²) in [7, 11) is 1.65. The van der Waals surface area contributed by atoms with E-state index in [2.05, 4.69) is 31.3 Å². The normalized spacial score (nSPS) is 24.4. The number of piperidine rings is 1. The van der Waals surface area contributed by atoms with Gasteiger partial charge in [-0.1, -0.05) is 18.2 Å². The number of benzene rings is 1. The minimum absolute atomic E-state index is 0.0627. The van der Waals surface area contributed by atoms with Crippen LogP contribution in [0.5, 0.6) is 5.75 Å². The van der Waals surface area contributed by atoms with Crippen LogP contribution in [0.15, 0.2) is 40.5 Å². The predicted molar refractivity (Wildman–Crippen MR) is 108 cm³/mol. The van der Waals surface area contributed by atoms with Crippen LogP contribution in [0.2, 0.25) is 0 Å². The summed E-state index contributed by atoms with van der Waals surface area (Å²) in [6.45, 7) is 2.58. The molecule has 0 aliphatic carbocycles. The Bertz CT molecular complexity index is 952. The van der Waals surface area contributed by atoms with Gasteiger partial charge < -0.3 is 19.8 Å². The third-order valence-corrected chi connectivity index (χ3v) is 6.08. The fourth-order valence-corrected chi connectivity index (χ4v) is 4.55. The number of para-hydroxylation sites is 1. The van der Waals surface area contributed by atoms with Crippen molar-refractivity contribution in [2.45, 2.75) is 31.3 Å². The van der Waals surface area contributed by atoms with E-state index in [-0.39, 0.29) is 18.0 Å². The molecule has 2 aromatic rings. The van der Waals surface area contributed by atoms with Gasteiger partial charge in [-0.05, 0) is 32.0 Å². The average Bonchev–Trinajstić information content (AvgIpc) is 3.41. The molecular weight excluding hydrogens is 384 g/mol. The molecule has 1 aromatic carbocycles. The summed E-state index contributed by atoms with van der Waals surface area (Å²) in [6.07, 6.45) is 4.05. The van der Waals surface area contributed by atoms with Crippen molar-refractivity contribution >= 4 is 5.91 Å². The summed E-state index contributed by atoms with van der Waals surface area (Å²) >= 11 is 0. The predicted octanol–water partition coefficient (Wildman–Crippen LogP) is 0.912. The molecule has 4 heterocycles. The van der Waals surface area contributed by atoms with E-state index in [1.54, 1.807) is 13.2 Å². The maximum absolute atomic E-state index is 12.4. The van der Waals surface area contributed by atoms with E-state index in [1.165, 1.54) is 0 Å². The minimum Gasteiger partial charge on any atom is -0.496 e. The molecule has 0 saturated carbocycles. The highest BCUT2D eigenvalue weighted by atomic mass is 16.5. The van der Waals surface area contributed by atoms with Crippen molar-refractivity contribution in [1.82, 2.24) is 31.3 Å². The molecule has 5 rings (SSSR count). The Hall–Kier alpha value is -2.91. The van der Waals surface area contributed by atoms with Crippen LogP contribution in [0.25, 0.3) is 0 Å². The van der Waals surface area contributed by atoms with E-state index >= 15 is 0 Å². The second-order valence-corrected chi connectivity index (χ2v) is 7.91. The molecule has 2 saturated heterocycles. The van der Waals surface area contributed by atoms with E-state index < -0.39 is 0 Å². The summed E-state index contributed by atoms with van der Waals surface area (Å²) in [4.78, 5) is 12.4. The fraction of sp³-hybridized carbons (Fsp3) is 0.476. The van der Waals surface area contributed by atoms with Crippen molar-refractivity contribution in [2.24, 2.45) is 5.92 Å². The van der Waals surface area contributed by atoms with Gasteiger partial charge in [0.2, 0.25) is 17.7 Å². The molecular formula is C21H26N6O3. The van der Waals surface area contributed by atoms with E-state index in [9.17, 15) is 4.79 Å². The van der Waals surface area contributed by atoms with Gasteiger partial charge in [-0.3, -0.25) is 9.80 Å². The number of aromatic nitrogens is 2. The molecule has 3 aliphatic rings. The quantitative estimate of drug-likeness (QED) is 0.668. The Morgan fingerprint density at radius 3 is 2.90 bits per heavy atom. The van der Waals surface area contributed by atoms with Gasteiger partial charge in [-0.25, -0.2) is 5.43 Å². The van der Waals surface area contributed by atoms with E-state index in [0.717, 1.165) is 42.9 Å². The molecule has 3 N–H and O–H groups in total. The van der Waals surface area contributed by atoms with Crippen LogP contribution in [-0.4, -0.2) is 54.0 Å². The first-order chi connectivity index (χ1) is 14.7. The standard InChI is InChI=1S/C21H26N6O3/c1-29-17-5-3-2-4-14(17)10-19-25-26-21(30-19)15-12-23-27-16(11-18(28)24-20(15)27)13-6-8-22-9-7-13/h2-5,11,13,15,20,22-23H,6-10,12H2,1H3,(H,24,28). The van der Waals surface area contributed by atoms with Gasteiger partial charge in [0, 0.05) is 29.8 Å². The highest BCUT2D eigenvalue weighted by Crippen LogP contribution is 2.34. The lowest BCUT2D eigenvalue weighted by molar-refractivity contribution is -0.119. The SMILES string of the molecule is COc1ccccc1Cc1nnc(C2CNN3C(C4CCNCC4)=CC(=O)NC23)o1. The highest BCUT2D eigenvalue weighted by molar-refractivity contribution is 5.89. The summed E-state index contributed by atoms with van der Waals surface area (Å²) < 4.78 is 11.4. The zero-order valence-corrected chi connectivity index (χ0v) is 16.9. The second kappa shape index (κ2) is 8.08. The van der Waals surface area contributed by atoms with Crippen LogP contribution in [0.1, 0.15) is 36.1 Å². The number of methoxy groups -OCH3 is 1. The molecule has 9 nitrogen and oxygen atoms in total. The summed E-state index contributed by atoms with van der Waals surface area (Å²) in [5, 5.41) is 17.1. The van der Waals surface area contributed by atoms with Crippen molar-refractivity contribution < 1.29 is 13.9 Å². The maximum atomic E-state index is 12.4. The molecule has 158 valence electrons. The number of nitrogens with one attached hydrogen (secondary N) is 3. The van der Waals surface area contributed by atoms with E-state index in [0.29, 0.717) is 30.7 Å². The van der Waals surface area contributed by atoms with Gasteiger partial charge in [0.1, 0.15) is 11.9 Å². The lowest BCUT2D eigenvalue weighted by Gasteiger charge is -2.38. The smallest absolute Gasteiger partial charge is 0.247 e. The number of amides is 1. The molecule has 30 heavy (non-hydrogen) atoms. The summed E-state index contributed by atoms with van der Waals surface area (Å²) in [5.41, 5.74) is 5.48. The molecule has 1 amide bonds. The van der Waals surface area contributed by atoms with Gasteiger partial charge in [-0.15, -0.1) is 10.2 Å². The second-order valence-electron chi connectivity index (χ2n) is 7.91. The first kappa shape index (κ1) is 19.1. The molecule has 1 aromatic heterocycles. The van der Waals surface area contributed by atoms with E-state index in [4.69, 9.17) is 9.15 Å². The van der Waals surface area contributed by atoms with Crippen LogP contribution in [0.3, 0.4) is 0 Å². The zero-order chi connectivity index (χ0) is 20.5. The lowest BCUT2D eigenvalue weighted by Crippen LogP contribution is -2.53. The number of fused-ring (bicyclic) bond motifs is 1. The van der Waals surface area contributed by atoms with Gasteiger partial charge in [-0.2, -0.15) is 0 Å². The monoisotopic (exact) mass is 410 g/mol. The number of carbonyl (C=O) groups is 1. The first-order valence-electron chi connectivity index (χ1n) is 10.4. The van der Waals surface area contributed by atoms with Crippen LogP contribution in [0.4, 0.5) is 0 Å². The van der Waals surface area contributed by atoms with Gasteiger partial charge in [0.15, 0.2) is 0 Å². The topological polar surface area (TPSA) is 105 Å². The maximum Gasteiger partial charge on any atom is 0.247 e. The zero-order valence-electron chi connectivity index (χ0n) is 16.9. The van der Waals surface area contributed by atoms with Crippen molar-refractivity contribution in [3.8, 4) is 5.75 Å². The number of allylic oxidation sites excluding steroid dienone is 1. The van der Waals surface area contributed by atoms with E-state index in [1.807, 2.05) is 24.3 Å². The van der Waals surface area contributed by atoms with Gasteiger partial charge in [0.05, 0.1) is 19.4 Å². The number of hydrogen-bond donors (Lipinski definition) is 3. The Kier molecular flexibility index (Phi) is 5.14. The fourth-order valence-electron chi connectivity index (χ4n) is 4.55. The summed E-state index contributed by atoms with van der Waals surface area (Å²) in [5.74, 6) is 2.05. The number of hydrazine groups is 1. The van der Waals surface area contributed by atoms with Crippen molar-refractivity contribution in [3.63, 3.8) is 0 Å². The van der Waals surface area contributed by atoms with Crippen molar-refractivity contribution in [3.05, 3.63) is 53.4 Å². The Morgan fingerprint density at radius 1 is 1.23 bits per heavy atom. The van der Waals surface area contributed by atoms with Gasteiger partial charge >= 0.3 is 0 Å².